The summed E-state index contributed by atoms with van der Waals surface area (Å²) in [5, 5.41) is 2.89. The molecule has 0 unspecified atom stereocenters. The van der Waals surface area contributed by atoms with Crippen LogP contribution >= 0.6 is 11.8 Å². The van der Waals surface area contributed by atoms with Crippen molar-refractivity contribution in [3.05, 3.63) is 76.6 Å². The molecule has 3 aromatic rings. The van der Waals surface area contributed by atoms with Crippen LogP contribution < -0.4 is 5.32 Å². The van der Waals surface area contributed by atoms with E-state index < -0.39 is 5.91 Å². The largest absolute Gasteiger partial charge is 0.351 e. The van der Waals surface area contributed by atoms with E-state index in [1.165, 1.54) is 12.1 Å². The third-order valence-electron chi connectivity index (χ3n) is 4.42. The van der Waals surface area contributed by atoms with E-state index in [4.69, 9.17) is 0 Å². The number of carbonyl (C=O) groups is 3. The molecule has 0 bridgehead atoms. The van der Waals surface area contributed by atoms with Crippen LogP contribution in [-0.2, 0) is 4.79 Å². The second kappa shape index (κ2) is 7.92. The third kappa shape index (κ3) is 4.07. The van der Waals surface area contributed by atoms with E-state index in [0.717, 1.165) is 22.2 Å². The van der Waals surface area contributed by atoms with Crippen molar-refractivity contribution in [3.63, 3.8) is 0 Å². The monoisotopic (exact) mass is 409 g/mol. The Balaban J connectivity index is 1.37. The average molecular weight is 409 g/mol. The molecule has 146 valence electrons. The van der Waals surface area contributed by atoms with Crippen LogP contribution in [0.4, 0.5) is 9.18 Å². The Kier molecular flexibility index (Phi) is 5.18. The first kappa shape index (κ1) is 18.9. The van der Waals surface area contributed by atoms with E-state index in [0.29, 0.717) is 15.8 Å². The van der Waals surface area contributed by atoms with Gasteiger partial charge in [0, 0.05) is 24.0 Å². The summed E-state index contributed by atoms with van der Waals surface area (Å²) in [5.74, 6) is -1.15. The smallest absolute Gasteiger partial charge is 0.293 e. The lowest BCUT2D eigenvalue weighted by molar-refractivity contribution is -0.122. The number of hydrogen-bond acceptors (Lipinski definition) is 4. The Labute approximate surface area is 169 Å². The predicted octanol–water partition coefficient (Wildman–Crippen LogP) is 3.77. The molecule has 8 heteroatoms. The quantitative estimate of drug-likeness (QED) is 0.629. The summed E-state index contributed by atoms with van der Waals surface area (Å²) < 4.78 is 13.3. The highest BCUT2D eigenvalue weighted by atomic mass is 32.2. The summed E-state index contributed by atoms with van der Waals surface area (Å²) in [6.07, 6.45) is 1.67. The zero-order valence-corrected chi connectivity index (χ0v) is 16.0. The van der Waals surface area contributed by atoms with Crippen molar-refractivity contribution < 1.29 is 18.8 Å². The Hall–Kier alpha value is -3.39. The molecule has 4 rings (SSSR count). The van der Waals surface area contributed by atoms with E-state index in [9.17, 15) is 18.8 Å². The van der Waals surface area contributed by atoms with Gasteiger partial charge in [0.05, 0.1) is 4.91 Å². The average Bonchev–Trinajstić information content (AvgIpc) is 3.24. The minimum atomic E-state index is -0.395. The highest BCUT2D eigenvalue weighted by Crippen LogP contribution is 2.31. The van der Waals surface area contributed by atoms with Gasteiger partial charge in [0.1, 0.15) is 11.5 Å². The number of thioether (sulfide) groups is 1. The molecule has 1 aliphatic rings. The molecule has 0 radical (unpaired) electrons. The van der Waals surface area contributed by atoms with Crippen molar-refractivity contribution in [1.82, 2.24) is 15.2 Å². The van der Waals surface area contributed by atoms with Crippen molar-refractivity contribution in [2.45, 2.75) is 0 Å². The minimum absolute atomic E-state index is 0.0669. The molecule has 0 saturated carbocycles. The molecule has 29 heavy (non-hydrogen) atoms. The van der Waals surface area contributed by atoms with Gasteiger partial charge in [0.2, 0.25) is 0 Å². The van der Waals surface area contributed by atoms with Gasteiger partial charge in [-0.25, -0.2) is 4.39 Å². The van der Waals surface area contributed by atoms with Gasteiger partial charge in [-0.2, -0.15) is 0 Å². The van der Waals surface area contributed by atoms with Crippen molar-refractivity contribution in [1.29, 1.82) is 0 Å². The number of benzene rings is 2. The molecule has 1 saturated heterocycles. The van der Waals surface area contributed by atoms with Crippen LogP contribution in [0.3, 0.4) is 0 Å². The number of nitrogens with one attached hydrogen (secondary N) is 2. The topological polar surface area (TPSA) is 82.3 Å². The first-order valence-corrected chi connectivity index (χ1v) is 9.70. The summed E-state index contributed by atoms with van der Waals surface area (Å²) in [7, 11) is 0. The van der Waals surface area contributed by atoms with Crippen LogP contribution in [0, 0.1) is 5.82 Å². The van der Waals surface area contributed by atoms with E-state index >= 15 is 0 Å². The summed E-state index contributed by atoms with van der Waals surface area (Å²) >= 11 is 0.880. The Bertz CT molecular complexity index is 1140. The Morgan fingerprint density at radius 2 is 1.93 bits per heavy atom. The third-order valence-corrected chi connectivity index (χ3v) is 5.33. The number of aromatic nitrogens is 1. The standard InChI is InChI=1S/C21H16FN3O3S/c22-15-6-7-16-14(11-15)12-17(24-16)19(26)23-8-9-25-20(27)18(29-21(25)28)10-13-4-2-1-3-5-13/h1-7,10-12,24H,8-9H2,(H,23,26)/b18-10+. The number of fused-ring (bicyclic) bond motifs is 1. The lowest BCUT2D eigenvalue weighted by atomic mass is 10.2. The van der Waals surface area contributed by atoms with E-state index in [1.54, 1.807) is 18.2 Å². The molecule has 3 amide bonds. The number of amides is 3. The Morgan fingerprint density at radius 1 is 1.14 bits per heavy atom. The molecule has 1 aromatic heterocycles. The van der Waals surface area contributed by atoms with Crippen LogP contribution in [0.15, 0.2) is 59.5 Å². The van der Waals surface area contributed by atoms with Crippen LogP contribution in [-0.4, -0.2) is 40.0 Å². The molecular weight excluding hydrogens is 393 g/mol. The maximum atomic E-state index is 13.3. The van der Waals surface area contributed by atoms with Crippen molar-refractivity contribution in [2.75, 3.05) is 13.1 Å². The molecule has 0 spiro atoms. The first-order chi connectivity index (χ1) is 14.0. The van der Waals surface area contributed by atoms with Gasteiger partial charge < -0.3 is 10.3 Å². The van der Waals surface area contributed by atoms with Crippen LogP contribution in [0.5, 0.6) is 0 Å². The fraction of sp³-hybridized carbons (Fsp3) is 0.0952. The van der Waals surface area contributed by atoms with Crippen molar-refractivity contribution in [3.8, 4) is 0 Å². The van der Waals surface area contributed by atoms with Gasteiger partial charge in [-0.3, -0.25) is 19.3 Å². The van der Waals surface area contributed by atoms with Gasteiger partial charge in [-0.05, 0) is 47.7 Å². The fourth-order valence-corrected chi connectivity index (χ4v) is 3.86. The van der Waals surface area contributed by atoms with Crippen LogP contribution in [0.25, 0.3) is 17.0 Å². The molecule has 1 aliphatic heterocycles. The number of rotatable bonds is 5. The van der Waals surface area contributed by atoms with Crippen LogP contribution in [0.2, 0.25) is 0 Å². The van der Waals surface area contributed by atoms with Gasteiger partial charge >= 0.3 is 0 Å². The van der Waals surface area contributed by atoms with E-state index in [2.05, 4.69) is 10.3 Å². The normalized spacial score (nSPS) is 15.5. The number of nitrogens with zero attached hydrogens (tertiary/aromatic N) is 1. The van der Waals surface area contributed by atoms with Gasteiger partial charge in [0.15, 0.2) is 0 Å². The maximum Gasteiger partial charge on any atom is 0.293 e. The number of H-pyrrole nitrogens is 1. The molecule has 0 atom stereocenters. The number of aromatic amines is 1. The number of carbonyl (C=O) groups excluding carboxylic acids is 3. The van der Waals surface area contributed by atoms with Gasteiger partial charge in [-0.1, -0.05) is 30.3 Å². The Morgan fingerprint density at radius 3 is 2.72 bits per heavy atom. The van der Waals surface area contributed by atoms with E-state index in [1.807, 2.05) is 30.3 Å². The second-order valence-corrected chi connectivity index (χ2v) is 7.41. The van der Waals surface area contributed by atoms with Gasteiger partial charge in [-0.15, -0.1) is 0 Å². The lowest BCUT2D eigenvalue weighted by Crippen LogP contribution is -2.37. The zero-order chi connectivity index (χ0) is 20.4. The van der Waals surface area contributed by atoms with Crippen LogP contribution in [0.1, 0.15) is 16.1 Å². The summed E-state index contributed by atoms with van der Waals surface area (Å²) in [4.78, 5) is 41.3. The molecule has 0 aliphatic carbocycles. The number of halogens is 1. The highest BCUT2D eigenvalue weighted by molar-refractivity contribution is 8.18. The van der Waals surface area contributed by atoms with Gasteiger partial charge in [0.25, 0.3) is 17.1 Å². The molecule has 6 nitrogen and oxygen atoms in total. The predicted molar refractivity (Wildman–Crippen MR) is 110 cm³/mol. The van der Waals surface area contributed by atoms with Crippen molar-refractivity contribution >= 4 is 45.8 Å². The minimum Gasteiger partial charge on any atom is -0.351 e. The molecule has 1 fully saturated rings. The summed E-state index contributed by atoms with van der Waals surface area (Å²) in [6, 6.07) is 15.0. The SMILES string of the molecule is O=C(NCCN1C(=O)S/C(=C/c2ccccc2)C1=O)c1cc2cc(F)ccc2[nH]1. The summed E-state index contributed by atoms with van der Waals surface area (Å²) in [6.45, 7) is 0.177. The lowest BCUT2D eigenvalue weighted by Gasteiger charge is -2.12. The fourth-order valence-electron chi connectivity index (χ4n) is 3.00. The molecular formula is C21H16FN3O3S. The molecule has 2 N–H and O–H groups in total. The van der Waals surface area contributed by atoms with E-state index in [-0.39, 0.29) is 35.7 Å². The highest BCUT2D eigenvalue weighted by Gasteiger charge is 2.34. The number of hydrogen-bond donors (Lipinski definition) is 2. The zero-order valence-electron chi connectivity index (χ0n) is 15.1. The molecule has 2 aromatic carbocycles. The summed E-state index contributed by atoms with van der Waals surface area (Å²) in [5.41, 5.74) is 1.76. The number of imide groups is 1. The first-order valence-electron chi connectivity index (χ1n) is 8.88. The van der Waals surface area contributed by atoms with Crippen molar-refractivity contribution in [2.24, 2.45) is 0 Å². The molecule has 2 heterocycles. The second-order valence-electron chi connectivity index (χ2n) is 6.41. The maximum absolute atomic E-state index is 13.3.